The summed E-state index contributed by atoms with van der Waals surface area (Å²) >= 11 is 0. The Hall–Kier alpha value is -0.940. The topological polar surface area (TPSA) is 62.4 Å². The van der Waals surface area contributed by atoms with Crippen molar-refractivity contribution in [3.8, 4) is 0 Å². The molecule has 2 unspecified atom stereocenters. The summed E-state index contributed by atoms with van der Waals surface area (Å²) in [5.74, 6) is 1.44. The van der Waals surface area contributed by atoms with Gasteiger partial charge in [0, 0.05) is 18.5 Å². The molecule has 0 aromatic carbocycles. The van der Waals surface area contributed by atoms with Gasteiger partial charge in [-0.05, 0) is 26.7 Å². The van der Waals surface area contributed by atoms with Crippen molar-refractivity contribution in [2.75, 3.05) is 0 Å². The van der Waals surface area contributed by atoms with Gasteiger partial charge in [-0.3, -0.25) is 4.90 Å². The van der Waals surface area contributed by atoms with Crippen molar-refractivity contribution in [1.29, 1.82) is 0 Å². The van der Waals surface area contributed by atoms with E-state index in [9.17, 15) is 5.11 Å². The first kappa shape index (κ1) is 12.5. The van der Waals surface area contributed by atoms with Gasteiger partial charge in [-0.2, -0.15) is 4.98 Å². The number of aromatic nitrogens is 2. The normalized spacial score (nSPS) is 30.7. The largest absolute Gasteiger partial charge is 0.393 e. The number of hydrogen-bond donors (Lipinski definition) is 1. The van der Waals surface area contributed by atoms with Gasteiger partial charge in [0.1, 0.15) is 0 Å². The van der Waals surface area contributed by atoms with Crippen LogP contribution in [0.5, 0.6) is 0 Å². The predicted octanol–water partition coefficient (Wildman–Crippen LogP) is 1.37. The van der Waals surface area contributed by atoms with Gasteiger partial charge in [-0.25, -0.2) is 0 Å². The molecule has 1 N–H and O–H groups in total. The number of nitrogens with zero attached hydrogens (tertiary/aromatic N) is 3. The molecule has 0 radical (unpaired) electrons. The summed E-state index contributed by atoms with van der Waals surface area (Å²) < 4.78 is 5.11. The minimum Gasteiger partial charge on any atom is -0.393 e. The van der Waals surface area contributed by atoms with Crippen LogP contribution in [0.3, 0.4) is 0 Å². The summed E-state index contributed by atoms with van der Waals surface area (Å²) in [5, 5.41) is 13.7. The number of aliphatic hydroxyl groups excluding tert-OH is 1. The second kappa shape index (κ2) is 5.14. The monoisotopic (exact) mass is 239 g/mol. The standard InChI is InChI=1S/C12H21N3O2/c1-4-12-13-11(14-17-12)7-15-8(2)5-10(16)6-9(15)3/h8-10,16H,4-7H2,1-3H3. The molecular weight excluding hydrogens is 218 g/mol. The molecule has 1 aliphatic rings. The third-order valence-electron chi connectivity index (χ3n) is 3.50. The van der Waals surface area contributed by atoms with E-state index in [1.807, 2.05) is 6.92 Å². The molecule has 1 aromatic heterocycles. The molecule has 17 heavy (non-hydrogen) atoms. The Bertz CT molecular complexity index is 354. The number of piperidine rings is 1. The number of hydrogen-bond acceptors (Lipinski definition) is 5. The van der Waals surface area contributed by atoms with Gasteiger partial charge in [0.2, 0.25) is 5.89 Å². The molecule has 0 amide bonds. The lowest BCUT2D eigenvalue weighted by atomic mass is 9.95. The Morgan fingerprint density at radius 3 is 2.53 bits per heavy atom. The van der Waals surface area contributed by atoms with Gasteiger partial charge in [0.15, 0.2) is 5.82 Å². The third kappa shape index (κ3) is 2.84. The zero-order valence-electron chi connectivity index (χ0n) is 10.8. The summed E-state index contributed by atoms with van der Waals surface area (Å²) in [5.41, 5.74) is 0. The Morgan fingerprint density at radius 1 is 1.35 bits per heavy atom. The lowest BCUT2D eigenvalue weighted by Crippen LogP contribution is -2.47. The summed E-state index contributed by atoms with van der Waals surface area (Å²) in [6.07, 6.45) is 2.25. The van der Waals surface area contributed by atoms with E-state index < -0.39 is 0 Å². The molecule has 2 atom stereocenters. The van der Waals surface area contributed by atoms with Gasteiger partial charge in [0.25, 0.3) is 0 Å². The average molecular weight is 239 g/mol. The molecular formula is C12H21N3O2. The van der Waals surface area contributed by atoms with Crippen LogP contribution >= 0.6 is 0 Å². The predicted molar refractivity (Wildman–Crippen MR) is 63.4 cm³/mol. The maximum Gasteiger partial charge on any atom is 0.226 e. The van der Waals surface area contributed by atoms with Crippen molar-refractivity contribution in [2.45, 2.75) is 64.8 Å². The summed E-state index contributed by atoms with van der Waals surface area (Å²) in [6, 6.07) is 0.717. The smallest absolute Gasteiger partial charge is 0.226 e. The molecule has 0 aliphatic carbocycles. The quantitative estimate of drug-likeness (QED) is 0.863. The highest BCUT2D eigenvalue weighted by atomic mass is 16.5. The van der Waals surface area contributed by atoms with Crippen molar-refractivity contribution in [2.24, 2.45) is 0 Å². The number of aliphatic hydroxyl groups is 1. The Morgan fingerprint density at radius 2 is 2.00 bits per heavy atom. The van der Waals surface area contributed by atoms with Crippen molar-refractivity contribution >= 4 is 0 Å². The van der Waals surface area contributed by atoms with Crippen LogP contribution in [0.1, 0.15) is 45.3 Å². The van der Waals surface area contributed by atoms with Crippen LogP contribution in [-0.2, 0) is 13.0 Å². The zero-order valence-corrected chi connectivity index (χ0v) is 10.8. The summed E-state index contributed by atoms with van der Waals surface area (Å²) in [4.78, 5) is 6.66. The maximum absolute atomic E-state index is 9.70. The SMILES string of the molecule is CCc1nc(CN2C(C)CC(O)CC2C)no1. The molecule has 5 nitrogen and oxygen atoms in total. The first-order valence-corrected chi connectivity index (χ1v) is 6.35. The van der Waals surface area contributed by atoms with Crippen LogP contribution < -0.4 is 0 Å². The van der Waals surface area contributed by atoms with Gasteiger partial charge >= 0.3 is 0 Å². The van der Waals surface area contributed by atoms with E-state index in [1.165, 1.54) is 0 Å². The first-order valence-electron chi connectivity index (χ1n) is 6.35. The lowest BCUT2D eigenvalue weighted by molar-refractivity contribution is 0.00695. The molecule has 0 bridgehead atoms. The highest BCUT2D eigenvalue weighted by Gasteiger charge is 2.30. The van der Waals surface area contributed by atoms with Crippen LogP contribution in [0.15, 0.2) is 4.52 Å². The Kier molecular flexibility index (Phi) is 3.79. The molecule has 2 heterocycles. The van der Waals surface area contributed by atoms with E-state index >= 15 is 0 Å². The zero-order chi connectivity index (χ0) is 12.4. The number of rotatable bonds is 3. The second-order valence-corrected chi connectivity index (χ2v) is 4.95. The molecule has 1 aliphatic heterocycles. The highest BCUT2D eigenvalue weighted by Crippen LogP contribution is 2.24. The van der Waals surface area contributed by atoms with Crippen LogP contribution in [0.2, 0.25) is 0 Å². The second-order valence-electron chi connectivity index (χ2n) is 4.95. The molecule has 0 spiro atoms. The number of aryl methyl sites for hydroxylation is 1. The first-order chi connectivity index (χ1) is 8.10. The van der Waals surface area contributed by atoms with Crippen LogP contribution in [-0.4, -0.2) is 38.3 Å². The fraction of sp³-hybridized carbons (Fsp3) is 0.833. The number of likely N-dealkylation sites (tertiary alicyclic amines) is 1. The van der Waals surface area contributed by atoms with Crippen LogP contribution in [0.4, 0.5) is 0 Å². The van der Waals surface area contributed by atoms with E-state index in [0.29, 0.717) is 24.5 Å². The molecule has 2 rings (SSSR count). The van der Waals surface area contributed by atoms with Crippen LogP contribution in [0.25, 0.3) is 0 Å². The summed E-state index contributed by atoms with van der Waals surface area (Å²) in [7, 11) is 0. The van der Waals surface area contributed by atoms with Crippen molar-refractivity contribution in [3.63, 3.8) is 0 Å². The molecule has 1 fully saturated rings. The van der Waals surface area contributed by atoms with Gasteiger partial charge in [-0.15, -0.1) is 0 Å². The van der Waals surface area contributed by atoms with Crippen LogP contribution in [0, 0.1) is 0 Å². The van der Waals surface area contributed by atoms with Gasteiger partial charge < -0.3 is 9.63 Å². The fourth-order valence-corrected chi connectivity index (χ4v) is 2.56. The highest BCUT2D eigenvalue weighted by molar-refractivity contribution is 4.91. The molecule has 96 valence electrons. The molecule has 1 aromatic rings. The van der Waals surface area contributed by atoms with Gasteiger partial charge in [-0.1, -0.05) is 12.1 Å². The third-order valence-corrected chi connectivity index (χ3v) is 3.50. The Labute approximate surface area is 102 Å². The van der Waals surface area contributed by atoms with Crippen molar-refractivity contribution in [3.05, 3.63) is 11.7 Å². The van der Waals surface area contributed by atoms with E-state index in [-0.39, 0.29) is 6.10 Å². The van der Waals surface area contributed by atoms with Gasteiger partial charge in [0.05, 0.1) is 12.6 Å². The van der Waals surface area contributed by atoms with Crippen molar-refractivity contribution < 1.29 is 9.63 Å². The minimum absolute atomic E-state index is 0.173. The van der Waals surface area contributed by atoms with E-state index in [1.54, 1.807) is 0 Å². The van der Waals surface area contributed by atoms with E-state index in [0.717, 1.165) is 25.1 Å². The lowest BCUT2D eigenvalue weighted by Gasteiger charge is -2.40. The Balaban J connectivity index is 2.01. The van der Waals surface area contributed by atoms with Crippen molar-refractivity contribution in [1.82, 2.24) is 15.0 Å². The molecule has 0 saturated carbocycles. The fourth-order valence-electron chi connectivity index (χ4n) is 2.56. The van der Waals surface area contributed by atoms with E-state index in [4.69, 9.17) is 4.52 Å². The van der Waals surface area contributed by atoms with E-state index in [2.05, 4.69) is 28.9 Å². The maximum atomic E-state index is 9.70. The average Bonchev–Trinajstić information content (AvgIpc) is 2.71. The summed E-state index contributed by atoms with van der Waals surface area (Å²) in [6.45, 7) is 6.98. The molecule has 1 saturated heterocycles. The molecule has 5 heteroatoms. The minimum atomic E-state index is -0.173.